The third-order valence-electron chi connectivity index (χ3n) is 3.40. The smallest absolute Gasteiger partial charge is 0.254 e. The second-order valence-corrected chi connectivity index (χ2v) is 5.89. The number of nitrogens with two attached hydrogens (primary N) is 1. The summed E-state index contributed by atoms with van der Waals surface area (Å²) in [5, 5.41) is 11.5. The molecular weight excluding hydrogens is 322 g/mol. The number of carbonyl (C=O) groups is 1. The van der Waals surface area contributed by atoms with E-state index in [2.05, 4.69) is 21.1 Å². The number of hydrogen-bond donors (Lipinski definition) is 2. The fraction of sp³-hybridized carbons (Fsp3) is 0.429. The predicted molar refractivity (Wildman–Crippen MR) is 81.0 cm³/mol. The van der Waals surface area contributed by atoms with Crippen LogP contribution in [0.2, 0.25) is 0 Å². The largest absolute Gasteiger partial charge is 0.409 e. The lowest BCUT2D eigenvalue weighted by atomic mass is 10.1. The van der Waals surface area contributed by atoms with Gasteiger partial charge in [-0.3, -0.25) is 4.79 Å². The first-order chi connectivity index (χ1) is 9.52. The molecule has 1 aromatic rings. The average Bonchev–Trinajstić information content (AvgIpc) is 3.26. The summed E-state index contributed by atoms with van der Waals surface area (Å²) in [4.78, 5) is 14.4. The van der Waals surface area contributed by atoms with E-state index in [0.717, 1.165) is 22.9 Å². The molecule has 1 aromatic carbocycles. The van der Waals surface area contributed by atoms with Crippen LogP contribution in [0.3, 0.4) is 0 Å². The molecule has 1 aliphatic carbocycles. The van der Waals surface area contributed by atoms with Crippen LogP contribution in [0, 0.1) is 6.92 Å². The molecule has 1 amide bonds. The molecule has 1 aliphatic rings. The van der Waals surface area contributed by atoms with Gasteiger partial charge in [-0.25, -0.2) is 0 Å². The van der Waals surface area contributed by atoms with Gasteiger partial charge in [0.1, 0.15) is 5.84 Å². The number of benzene rings is 1. The maximum absolute atomic E-state index is 12.6. The number of rotatable bonds is 5. The highest BCUT2D eigenvalue weighted by Crippen LogP contribution is 2.29. The summed E-state index contributed by atoms with van der Waals surface area (Å²) < 4.78 is 0.926. The fourth-order valence-corrected chi connectivity index (χ4v) is 2.39. The monoisotopic (exact) mass is 339 g/mol. The first-order valence-corrected chi connectivity index (χ1v) is 7.35. The molecule has 0 spiro atoms. The van der Waals surface area contributed by atoms with Gasteiger partial charge in [0.2, 0.25) is 0 Å². The number of nitrogens with zero attached hydrogens (tertiary/aromatic N) is 2. The van der Waals surface area contributed by atoms with Crippen molar-refractivity contribution < 1.29 is 10.0 Å². The summed E-state index contributed by atoms with van der Waals surface area (Å²) in [6.45, 7) is 2.46. The maximum atomic E-state index is 12.6. The lowest BCUT2D eigenvalue weighted by molar-refractivity contribution is 0.0747. The number of oxime groups is 1. The van der Waals surface area contributed by atoms with Crippen molar-refractivity contribution in [2.45, 2.75) is 32.2 Å². The second kappa shape index (κ2) is 6.26. The van der Waals surface area contributed by atoms with Crippen LogP contribution < -0.4 is 5.73 Å². The quantitative estimate of drug-likeness (QED) is 0.374. The number of amidine groups is 1. The Labute approximate surface area is 126 Å². The molecule has 0 radical (unpaired) electrons. The zero-order valence-electron chi connectivity index (χ0n) is 11.3. The van der Waals surface area contributed by atoms with Gasteiger partial charge in [-0.15, -0.1) is 0 Å². The zero-order chi connectivity index (χ0) is 14.7. The van der Waals surface area contributed by atoms with Gasteiger partial charge in [0, 0.05) is 29.0 Å². The molecule has 0 saturated heterocycles. The summed E-state index contributed by atoms with van der Waals surface area (Å²) in [5.74, 6) is 0.146. The predicted octanol–water partition coefficient (Wildman–Crippen LogP) is 2.50. The van der Waals surface area contributed by atoms with E-state index in [0.29, 0.717) is 18.5 Å². The van der Waals surface area contributed by atoms with Gasteiger partial charge in [-0.1, -0.05) is 27.2 Å². The molecule has 2 rings (SSSR count). The van der Waals surface area contributed by atoms with Crippen molar-refractivity contribution in [2.75, 3.05) is 6.54 Å². The highest BCUT2D eigenvalue weighted by molar-refractivity contribution is 9.10. The fourth-order valence-electron chi connectivity index (χ4n) is 2.01. The summed E-state index contributed by atoms with van der Waals surface area (Å²) in [5.41, 5.74) is 7.23. The standard InChI is InChI=1S/C14H18BrN3O2/c1-9-2-3-10(8-12(9)15)14(19)18(11-4-5-11)7-6-13(16)17-20/h2-3,8,11,20H,4-7H2,1H3,(H2,16,17). The van der Waals surface area contributed by atoms with Crippen LogP contribution >= 0.6 is 15.9 Å². The minimum atomic E-state index is -0.000982. The zero-order valence-corrected chi connectivity index (χ0v) is 12.9. The van der Waals surface area contributed by atoms with Gasteiger partial charge in [0.15, 0.2) is 0 Å². The Hall–Kier alpha value is -1.56. The van der Waals surface area contributed by atoms with Crippen LogP contribution in [0.25, 0.3) is 0 Å². The molecule has 108 valence electrons. The van der Waals surface area contributed by atoms with E-state index in [-0.39, 0.29) is 17.8 Å². The number of halogens is 1. The third kappa shape index (κ3) is 3.50. The van der Waals surface area contributed by atoms with Crippen LogP contribution in [0.1, 0.15) is 35.2 Å². The van der Waals surface area contributed by atoms with Crippen LogP contribution in [0.4, 0.5) is 0 Å². The molecule has 0 unspecified atom stereocenters. The Morgan fingerprint density at radius 1 is 1.55 bits per heavy atom. The van der Waals surface area contributed by atoms with Gasteiger partial charge in [0.05, 0.1) is 0 Å². The summed E-state index contributed by atoms with van der Waals surface area (Å²) in [6, 6.07) is 5.89. The Morgan fingerprint density at radius 2 is 2.25 bits per heavy atom. The molecule has 1 saturated carbocycles. The average molecular weight is 340 g/mol. The topological polar surface area (TPSA) is 78.9 Å². The Bertz CT molecular complexity index is 541. The van der Waals surface area contributed by atoms with Gasteiger partial charge in [0.25, 0.3) is 5.91 Å². The number of amides is 1. The Balaban J connectivity index is 2.12. The minimum absolute atomic E-state index is 0.000982. The molecule has 3 N–H and O–H groups in total. The van der Waals surface area contributed by atoms with Gasteiger partial charge in [-0.05, 0) is 37.5 Å². The molecule has 20 heavy (non-hydrogen) atoms. The molecule has 0 heterocycles. The van der Waals surface area contributed by atoms with Crippen LogP contribution in [0.15, 0.2) is 27.8 Å². The van der Waals surface area contributed by atoms with E-state index in [9.17, 15) is 4.79 Å². The third-order valence-corrected chi connectivity index (χ3v) is 4.26. The van der Waals surface area contributed by atoms with E-state index in [1.165, 1.54) is 0 Å². The summed E-state index contributed by atoms with van der Waals surface area (Å²) in [7, 11) is 0. The molecule has 5 nitrogen and oxygen atoms in total. The number of hydrogen-bond acceptors (Lipinski definition) is 3. The Kier molecular flexibility index (Phi) is 4.65. The maximum Gasteiger partial charge on any atom is 0.254 e. The molecule has 0 bridgehead atoms. The van der Waals surface area contributed by atoms with E-state index < -0.39 is 0 Å². The molecule has 0 atom stereocenters. The van der Waals surface area contributed by atoms with Crippen molar-refractivity contribution in [1.29, 1.82) is 0 Å². The highest BCUT2D eigenvalue weighted by atomic mass is 79.9. The van der Waals surface area contributed by atoms with E-state index in [1.54, 1.807) is 0 Å². The highest BCUT2D eigenvalue weighted by Gasteiger charge is 2.32. The lowest BCUT2D eigenvalue weighted by Gasteiger charge is -2.22. The summed E-state index contributed by atoms with van der Waals surface area (Å²) in [6.07, 6.45) is 2.43. The van der Waals surface area contributed by atoms with Crippen molar-refractivity contribution in [1.82, 2.24) is 4.90 Å². The van der Waals surface area contributed by atoms with Crippen LogP contribution in [0.5, 0.6) is 0 Å². The van der Waals surface area contributed by atoms with Gasteiger partial charge >= 0.3 is 0 Å². The van der Waals surface area contributed by atoms with Gasteiger partial charge in [-0.2, -0.15) is 0 Å². The molecule has 0 aromatic heterocycles. The van der Waals surface area contributed by atoms with E-state index in [1.807, 2.05) is 30.0 Å². The van der Waals surface area contributed by atoms with E-state index >= 15 is 0 Å². The number of aryl methyl sites for hydroxylation is 1. The normalized spacial score (nSPS) is 15.2. The van der Waals surface area contributed by atoms with Crippen molar-refractivity contribution >= 4 is 27.7 Å². The Morgan fingerprint density at radius 3 is 2.80 bits per heavy atom. The van der Waals surface area contributed by atoms with Crippen molar-refractivity contribution in [3.63, 3.8) is 0 Å². The molecule has 0 aliphatic heterocycles. The van der Waals surface area contributed by atoms with Crippen molar-refractivity contribution in [3.8, 4) is 0 Å². The van der Waals surface area contributed by atoms with Gasteiger partial charge < -0.3 is 15.8 Å². The first kappa shape index (κ1) is 14.8. The minimum Gasteiger partial charge on any atom is -0.409 e. The second-order valence-electron chi connectivity index (χ2n) is 5.04. The van der Waals surface area contributed by atoms with Crippen molar-refractivity contribution in [3.05, 3.63) is 33.8 Å². The SMILES string of the molecule is Cc1ccc(C(=O)N(CC/C(N)=N/O)C2CC2)cc1Br. The molecule has 1 fully saturated rings. The number of carbonyl (C=O) groups excluding carboxylic acids is 1. The lowest BCUT2D eigenvalue weighted by Crippen LogP contribution is -2.36. The molecular formula is C14H18BrN3O2. The van der Waals surface area contributed by atoms with Crippen LogP contribution in [-0.4, -0.2) is 34.4 Å². The van der Waals surface area contributed by atoms with Crippen LogP contribution in [-0.2, 0) is 0 Å². The first-order valence-electron chi connectivity index (χ1n) is 6.56. The molecule has 6 heteroatoms. The summed E-state index contributed by atoms with van der Waals surface area (Å²) >= 11 is 3.45. The van der Waals surface area contributed by atoms with E-state index in [4.69, 9.17) is 10.9 Å². The van der Waals surface area contributed by atoms with Crippen molar-refractivity contribution in [2.24, 2.45) is 10.9 Å².